The van der Waals surface area contributed by atoms with Crippen molar-refractivity contribution in [1.29, 1.82) is 0 Å². The van der Waals surface area contributed by atoms with Gasteiger partial charge in [-0.25, -0.2) is 0 Å². The van der Waals surface area contributed by atoms with Gasteiger partial charge in [-0.15, -0.1) is 0 Å². The first-order valence-corrected chi connectivity index (χ1v) is 6.74. The molecule has 1 aliphatic heterocycles. The highest BCUT2D eigenvalue weighted by molar-refractivity contribution is 6.35. The Morgan fingerprint density at radius 3 is 2.17 bits per heavy atom. The largest absolute Gasteiger partial charge is 0.331 e. The highest BCUT2D eigenvalue weighted by Gasteiger charge is 2.29. The molecule has 1 aromatic carbocycles. The van der Waals surface area contributed by atoms with Crippen LogP contribution in [0.2, 0.25) is 10.0 Å². The third-order valence-electron chi connectivity index (χ3n) is 3.17. The number of carbonyl (C=O) groups excluding carboxylic acids is 1. The van der Waals surface area contributed by atoms with Crippen LogP contribution < -0.4 is 5.32 Å². The Kier molecular flexibility index (Phi) is 4.15. The summed E-state index contributed by atoms with van der Waals surface area (Å²) in [4.78, 5) is 14.4. The monoisotopic (exact) mass is 286 g/mol. The van der Waals surface area contributed by atoms with E-state index in [0.717, 1.165) is 13.1 Å². The third kappa shape index (κ3) is 2.79. The van der Waals surface area contributed by atoms with Gasteiger partial charge >= 0.3 is 0 Å². The zero-order chi connectivity index (χ0) is 13.3. The quantitative estimate of drug-likeness (QED) is 0.861. The number of hydrogen-bond donors (Lipinski definition) is 1. The Bertz CT molecular complexity index is 434. The predicted octanol–water partition coefficient (Wildman–Crippen LogP) is 2.82. The summed E-state index contributed by atoms with van der Waals surface area (Å²) in [6.07, 6.45) is 0. The third-order valence-corrected chi connectivity index (χ3v) is 3.61. The molecule has 1 aliphatic rings. The molecule has 0 aromatic heterocycles. The van der Waals surface area contributed by atoms with Gasteiger partial charge in [-0.1, -0.05) is 23.2 Å². The summed E-state index contributed by atoms with van der Waals surface area (Å²) in [7, 11) is 0. The molecule has 1 heterocycles. The number of amides is 1. The van der Waals surface area contributed by atoms with Crippen molar-refractivity contribution in [1.82, 2.24) is 10.2 Å². The van der Waals surface area contributed by atoms with Crippen molar-refractivity contribution in [2.45, 2.75) is 25.9 Å². The van der Waals surface area contributed by atoms with E-state index in [0.29, 0.717) is 15.6 Å². The average molecular weight is 287 g/mol. The van der Waals surface area contributed by atoms with Gasteiger partial charge in [-0.3, -0.25) is 4.79 Å². The smallest absolute Gasteiger partial charge is 0.254 e. The second kappa shape index (κ2) is 5.47. The maximum atomic E-state index is 12.5. The van der Waals surface area contributed by atoms with E-state index in [4.69, 9.17) is 23.2 Å². The molecule has 1 fully saturated rings. The lowest BCUT2D eigenvalue weighted by Gasteiger charge is -2.39. The second-order valence-corrected chi connectivity index (χ2v) is 5.60. The van der Waals surface area contributed by atoms with Crippen LogP contribution in [0.3, 0.4) is 0 Å². The SMILES string of the molecule is CC1CNCC(C)N1C(=O)c1cc(Cl)cc(Cl)c1. The zero-order valence-corrected chi connectivity index (χ0v) is 11.9. The first kappa shape index (κ1) is 13.7. The van der Waals surface area contributed by atoms with Crippen molar-refractivity contribution >= 4 is 29.1 Å². The fraction of sp³-hybridized carbons (Fsp3) is 0.462. The van der Waals surface area contributed by atoms with Gasteiger partial charge in [0, 0.05) is 40.8 Å². The van der Waals surface area contributed by atoms with Crippen molar-refractivity contribution in [3.63, 3.8) is 0 Å². The average Bonchev–Trinajstić information content (AvgIpc) is 2.27. The molecule has 1 amide bonds. The Hall–Kier alpha value is -0.770. The van der Waals surface area contributed by atoms with Crippen LogP contribution in [0, 0.1) is 0 Å². The van der Waals surface area contributed by atoms with Crippen LogP contribution in [0.5, 0.6) is 0 Å². The van der Waals surface area contributed by atoms with Gasteiger partial charge in [0.05, 0.1) is 0 Å². The van der Waals surface area contributed by atoms with E-state index in [1.807, 2.05) is 18.7 Å². The zero-order valence-electron chi connectivity index (χ0n) is 10.4. The number of rotatable bonds is 1. The number of hydrogen-bond acceptors (Lipinski definition) is 2. The van der Waals surface area contributed by atoms with E-state index < -0.39 is 0 Å². The Morgan fingerprint density at radius 2 is 1.67 bits per heavy atom. The van der Waals surface area contributed by atoms with Gasteiger partial charge in [0.15, 0.2) is 0 Å². The van der Waals surface area contributed by atoms with E-state index >= 15 is 0 Å². The number of nitrogens with zero attached hydrogens (tertiary/aromatic N) is 1. The lowest BCUT2D eigenvalue weighted by molar-refractivity contribution is 0.0544. The molecule has 1 aromatic rings. The number of nitrogens with one attached hydrogen (secondary N) is 1. The van der Waals surface area contributed by atoms with Crippen molar-refractivity contribution in [2.24, 2.45) is 0 Å². The molecule has 0 radical (unpaired) electrons. The molecule has 98 valence electrons. The van der Waals surface area contributed by atoms with Crippen molar-refractivity contribution in [3.05, 3.63) is 33.8 Å². The van der Waals surface area contributed by atoms with Crippen molar-refractivity contribution in [2.75, 3.05) is 13.1 Å². The predicted molar refractivity (Wildman–Crippen MR) is 74.4 cm³/mol. The highest BCUT2D eigenvalue weighted by Crippen LogP contribution is 2.22. The molecule has 0 saturated carbocycles. The molecule has 18 heavy (non-hydrogen) atoms. The van der Waals surface area contributed by atoms with E-state index in [2.05, 4.69) is 5.32 Å². The maximum absolute atomic E-state index is 12.5. The molecule has 2 rings (SSSR count). The van der Waals surface area contributed by atoms with Crippen molar-refractivity contribution < 1.29 is 4.79 Å². The Balaban J connectivity index is 2.29. The summed E-state index contributed by atoms with van der Waals surface area (Å²) < 4.78 is 0. The molecule has 0 bridgehead atoms. The molecule has 0 aliphatic carbocycles. The number of halogens is 2. The van der Waals surface area contributed by atoms with Gasteiger partial charge in [0.1, 0.15) is 0 Å². The Morgan fingerprint density at radius 1 is 1.17 bits per heavy atom. The summed E-state index contributed by atoms with van der Waals surface area (Å²) in [5.74, 6) is -0.0131. The fourth-order valence-electron chi connectivity index (χ4n) is 2.36. The molecular formula is C13H16Cl2N2O. The van der Waals surface area contributed by atoms with E-state index in [1.54, 1.807) is 18.2 Å². The van der Waals surface area contributed by atoms with Gasteiger partial charge in [0.2, 0.25) is 0 Å². The minimum absolute atomic E-state index is 0.0131. The molecule has 2 atom stereocenters. The normalized spacial score (nSPS) is 24.1. The number of benzene rings is 1. The first-order chi connectivity index (χ1) is 8.49. The summed E-state index contributed by atoms with van der Waals surface area (Å²) in [5.41, 5.74) is 0.549. The van der Waals surface area contributed by atoms with Crippen LogP contribution >= 0.6 is 23.2 Å². The van der Waals surface area contributed by atoms with Crippen LogP contribution in [-0.4, -0.2) is 36.0 Å². The molecule has 1 N–H and O–H groups in total. The van der Waals surface area contributed by atoms with Gasteiger partial charge in [-0.2, -0.15) is 0 Å². The molecule has 3 nitrogen and oxygen atoms in total. The lowest BCUT2D eigenvalue weighted by atomic mass is 10.1. The van der Waals surface area contributed by atoms with Crippen LogP contribution in [-0.2, 0) is 0 Å². The lowest BCUT2D eigenvalue weighted by Crippen LogP contribution is -2.57. The van der Waals surface area contributed by atoms with E-state index in [9.17, 15) is 4.79 Å². The number of piperazine rings is 1. The van der Waals surface area contributed by atoms with Gasteiger partial charge in [0.25, 0.3) is 5.91 Å². The van der Waals surface area contributed by atoms with Crippen LogP contribution in [0.1, 0.15) is 24.2 Å². The summed E-state index contributed by atoms with van der Waals surface area (Å²) in [6, 6.07) is 5.29. The van der Waals surface area contributed by atoms with Crippen LogP contribution in [0.25, 0.3) is 0 Å². The summed E-state index contributed by atoms with van der Waals surface area (Å²) in [5, 5.41) is 4.27. The fourth-order valence-corrected chi connectivity index (χ4v) is 2.88. The highest BCUT2D eigenvalue weighted by atomic mass is 35.5. The minimum atomic E-state index is -0.0131. The molecular weight excluding hydrogens is 271 g/mol. The molecule has 1 saturated heterocycles. The maximum Gasteiger partial charge on any atom is 0.254 e. The molecule has 5 heteroatoms. The van der Waals surface area contributed by atoms with Crippen LogP contribution in [0.4, 0.5) is 0 Å². The van der Waals surface area contributed by atoms with Gasteiger partial charge < -0.3 is 10.2 Å². The van der Waals surface area contributed by atoms with Gasteiger partial charge in [-0.05, 0) is 32.0 Å². The topological polar surface area (TPSA) is 32.3 Å². The van der Waals surface area contributed by atoms with Crippen molar-refractivity contribution in [3.8, 4) is 0 Å². The van der Waals surface area contributed by atoms with E-state index in [1.165, 1.54) is 0 Å². The summed E-state index contributed by atoms with van der Waals surface area (Å²) in [6.45, 7) is 5.69. The Labute approximate surface area is 117 Å². The standard InChI is InChI=1S/C13H16Cl2N2O/c1-8-6-16-7-9(2)17(8)13(18)10-3-11(14)5-12(15)4-10/h3-5,8-9,16H,6-7H2,1-2H3. The molecule has 0 spiro atoms. The van der Waals surface area contributed by atoms with E-state index in [-0.39, 0.29) is 18.0 Å². The first-order valence-electron chi connectivity index (χ1n) is 5.98. The van der Waals surface area contributed by atoms with Crippen LogP contribution in [0.15, 0.2) is 18.2 Å². The second-order valence-electron chi connectivity index (χ2n) is 4.73. The summed E-state index contributed by atoms with van der Waals surface area (Å²) >= 11 is 11.9. The molecule has 2 unspecified atom stereocenters. The minimum Gasteiger partial charge on any atom is -0.331 e. The number of carbonyl (C=O) groups is 1.